The van der Waals surface area contributed by atoms with Crippen LogP contribution < -0.4 is 11.1 Å². The van der Waals surface area contributed by atoms with E-state index in [0.717, 1.165) is 25.7 Å². The van der Waals surface area contributed by atoms with Gasteiger partial charge in [-0.1, -0.05) is 0 Å². The molecule has 1 atom stereocenters. The number of amides is 1. The average molecular weight is 230 g/mol. The number of hydrogen-bond acceptors (Lipinski definition) is 3. The smallest absolute Gasteiger partial charge is 0.220 e. The van der Waals surface area contributed by atoms with Gasteiger partial charge in [0.2, 0.25) is 5.91 Å². The van der Waals surface area contributed by atoms with Gasteiger partial charge in [0.05, 0.1) is 0 Å². The van der Waals surface area contributed by atoms with Gasteiger partial charge in [0.1, 0.15) is 0 Å². The van der Waals surface area contributed by atoms with Crippen molar-refractivity contribution in [3.63, 3.8) is 0 Å². The third kappa shape index (κ3) is 6.05. The zero-order chi connectivity index (χ0) is 11.1. The first-order chi connectivity index (χ1) is 7.18. The molecule has 0 aliphatic carbocycles. The van der Waals surface area contributed by atoms with Crippen molar-refractivity contribution < 1.29 is 4.79 Å². The quantitative estimate of drug-likeness (QED) is 0.753. The molecule has 1 heterocycles. The molecule has 0 aromatic heterocycles. The predicted molar refractivity (Wildman–Crippen MR) is 66.0 cm³/mol. The van der Waals surface area contributed by atoms with E-state index in [9.17, 15) is 4.79 Å². The van der Waals surface area contributed by atoms with Gasteiger partial charge in [-0.2, -0.15) is 11.8 Å². The van der Waals surface area contributed by atoms with Crippen molar-refractivity contribution in [1.29, 1.82) is 0 Å². The Morgan fingerprint density at radius 3 is 2.80 bits per heavy atom. The molecule has 1 saturated heterocycles. The Kier molecular flexibility index (Phi) is 6.10. The number of carbonyl (C=O) groups is 1. The number of nitrogens with one attached hydrogen (secondary N) is 1. The predicted octanol–water partition coefficient (Wildman–Crippen LogP) is 1.52. The third-order valence-electron chi connectivity index (χ3n) is 2.65. The number of carbonyl (C=O) groups excluding carboxylic acids is 1. The summed E-state index contributed by atoms with van der Waals surface area (Å²) in [5.74, 6) is 2.57. The first kappa shape index (κ1) is 12.8. The molecule has 0 saturated carbocycles. The van der Waals surface area contributed by atoms with Gasteiger partial charge < -0.3 is 11.1 Å². The molecule has 0 radical (unpaired) electrons. The maximum absolute atomic E-state index is 11.5. The van der Waals surface area contributed by atoms with Crippen LogP contribution in [0.4, 0.5) is 0 Å². The zero-order valence-electron chi connectivity index (χ0n) is 9.50. The summed E-state index contributed by atoms with van der Waals surface area (Å²) in [5.41, 5.74) is 5.63. The Balaban J connectivity index is 2.06. The van der Waals surface area contributed by atoms with Crippen molar-refractivity contribution >= 4 is 17.7 Å². The Labute approximate surface area is 96.6 Å². The van der Waals surface area contributed by atoms with Crippen LogP contribution in [-0.2, 0) is 4.79 Å². The van der Waals surface area contributed by atoms with E-state index in [2.05, 4.69) is 5.32 Å². The molecule has 1 aliphatic rings. The van der Waals surface area contributed by atoms with Crippen LogP contribution in [0.1, 0.15) is 39.0 Å². The van der Waals surface area contributed by atoms with Crippen LogP contribution in [0.25, 0.3) is 0 Å². The van der Waals surface area contributed by atoms with E-state index in [0.29, 0.717) is 12.5 Å². The fourth-order valence-corrected chi connectivity index (χ4v) is 2.83. The summed E-state index contributed by atoms with van der Waals surface area (Å²) >= 11 is 1.98. The summed E-state index contributed by atoms with van der Waals surface area (Å²) in [7, 11) is 0. The number of thioether (sulfide) groups is 1. The molecular weight excluding hydrogens is 208 g/mol. The molecule has 3 nitrogen and oxygen atoms in total. The topological polar surface area (TPSA) is 55.1 Å². The number of nitrogens with two attached hydrogens (primary N) is 1. The van der Waals surface area contributed by atoms with Crippen molar-refractivity contribution in [2.75, 3.05) is 11.5 Å². The summed E-state index contributed by atoms with van der Waals surface area (Å²) in [6.07, 6.45) is 4.73. The van der Waals surface area contributed by atoms with Crippen molar-refractivity contribution in [3.05, 3.63) is 0 Å². The van der Waals surface area contributed by atoms with Crippen molar-refractivity contribution in [2.45, 2.75) is 51.1 Å². The molecule has 15 heavy (non-hydrogen) atoms. The molecule has 1 aliphatic heterocycles. The second kappa shape index (κ2) is 7.12. The molecular formula is C11H22N2OS. The van der Waals surface area contributed by atoms with Gasteiger partial charge in [0, 0.05) is 18.5 Å². The number of rotatable bonds is 5. The molecule has 3 N–H and O–H groups in total. The van der Waals surface area contributed by atoms with Gasteiger partial charge >= 0.3 is 0 Å². The molecule has 1 unspecified atom stereocenters. The zero-order valence-corrected chi connectivity index (χ0v) is 10.3. The van der Waals surface area contributed by atoms with Crippen LogP contribution >= 0.6 is 11.8 Å². The Bertz CT molecular complexity index is 191. The minimum Gasteiger partial charge on any atom is -0.353 e. The first-order valence-corrected chi connectivity index (χ1v) is 6.96. The van der Waals surface area contributed by atoms with Crippen LogP contribution in [0.5, 0.6) is 0 Å². The molecule has 0 aromatic rings. The molecule has 88 valence electrons. The molecule has 0 bridgehead atoms. The molecule has 4 heteroatoms. The van der Waals surface area contributed by atoms with E-state index in [1.165, 1.54) is 11.5 Å². The van der Waals surface area contributed by atoms with E-state index >= 15 is 0 Å². The lowest BCUT2D eigenvalue weighted by Crippen LogP contribution is -2.37. The monoisotopic (exact) mass is 230 g/mol. The number of hydrogen-bond donors (Lipinski definition) is 2. The van der Waals surface area contributed by atoms with Gasteiger partial charge in [-0.15, -0.1) is 0 Å². The third-order valence-corrected chi connectivity index (χ3v) is 3.70. The molecule has 0 spiro atoms. The minimum absolute atomic E-state index is 0.201. The van der Waals surface area contributed by atoms with Gasteiger partial charge in [0.25, 0.3) is 0 Å². The Morgan fingerprint density at radius 2 is 2.20 bits per heavy atom. The van der Waals surface area contributed by atoms with E-state index in [4.69, 9.17) is 5.73 Å². The second-order valence-electron chi connectivity index (χ2n) is 4.32. The SMILES string of the molecule is CC(N)CCCC(=O)NC1CCSCC1. The lowest BCUT2D eigenvalue weighted by molar-refractivity contribution is -0.121. The highest BCUT2D eigenvalue weighted by atomic mass is 32.2. The molecule has 0 aromatic carbocycles. The van der Waals surface area contributed by atoms with E-state index in [1.54, 1.807) is 0 Å². The van der Waals surface area contributed by atoms with E-state index in [1.807, 2.05) is 18.7 Å². The van der Waals surface area contributed by atoms with Crippen LogP contribution in [0.3, 0.4) is 0 Å². The molecule has 1 rings (SSSR count). The Hall–Kier alpha value is -0.220. The van der Waals surface area contributed by atoms with Crippen LogP contribution in [0, 0.1) is 0 Å². The summed E-state index contributed by atoms with van der Waals surface area (Å²) in [5, 5.41) is 3.10. The maximum atomic E-state index is 11.5. The maximum Gasteiger partial charge on any atom is 0.220 e. The normalized spacial score (nSPS) is 19.9. The molecule has 1 amide bonds. The highest BCUT2D eigenvalue weighted by Gasteiger charge is 2.15. The van der Waals surface area contributed by atoms with Crippen molar-refractivity contribution in [3.8, 4) is 0 Å². The largest absolute Gasteiger partial charge is 0.353 e. The molecule has 1 fully saturated rings. The van der Waals surface area contributed by atoms with Crippen LogP contribution in [0.15, 0.2) is 0 Å². The van der Waals surface area contributed by atoms with Gasteiger partial charge in [-0.3, -0.25) is 4.79 Å². The lowest BCUT2D eigenvalue weighted by Gasteiger charge is -2.22. The lowest BCUT2D eigenvalue weighted by atomic mass is 10.1. The summed E-state index contributed by atoms with van der Waals surface area (Å²) in [6.45, 7) is 1.98. The van der Waals surface area contributed by atoms with Crippen LogP contribution in [0.2, 0.25) is 0 Å². The summed E-state index contributed by atoms with van der Waals surface area (Å²) < 4.78 is 0. The highest BCUT2D eigenvalue weighted by molar-refractivity contribution is 7.99. The van der Waals surface area contributed by atoms with Gasteiger partial charge in [-0.25, -0.2) is 0 Å². The minimum atomic E-state index is 0.201. The fraction of sp³-hybridized carbons (Fsp3) is 0.909. The second-order valence-corrected chi connectivity index (χ2v) is 5.55. The van der Waals surface area contributed by atoms with Gasteiger partial charge in [0.15, 0.2) is 0 Å². The van der Waals surface area contributed by atoms with Crippen LogP contribution in [-0.4, -0.2) is 29.5 Å². The van der Waals surface area contributed by atoms with Crippen molar-refractivity contribution in [2.24, 2.45) is 5.73 Å². The first-order valence-electron chi connectivity index (χ1n) is 5.81. The van der Waals surface area contributed by atoms with Gasteiger partial charge in [-0.05, 0) is 44.1 Å². The van der Waals surface area contributed by atoms with E-state index < -0.39 is 0 Å². The standard InChI is InChI=1S/C11H22N2OS/c1-9(12)3-2-4-11(14)13-10-5-7-15-8-6-10/h9-10H,2-8,12H2,1H3,(H,13,14). The van der Waals surface area contributed by atoms with Crippen molar-refractivity contribution in [1.82, 2.24) is 5.32 Å². The van der Waals surface area contributed by atoms with E-state index in [-0.39, 0.29) is 11.9 Å². The summed E-state index contributed by atoms with van der Waals surface area (Å²) in [6, 6.07) is 0.637. The highest BCUT2D eigenvalue weighted by Crippen LogP contribution is 2.17. The average Bonchev–Trinajstić information content (AvgIpc) is 2.18. The fourth-order valence-electron chi connectivity index (χ4n) is 1.73. The summed E-state index contributed by atoms with van der Waals surface area (Å²) in [4.78, 5) is 11.5. The Morgan fingerprint density at radius 1 is 1.53 bits per heavy atom.